The van der Waals surface area contributed by atoms with Gasteiger partial charge in [-0.25, -0.2) is 4.52 Å². The van der Waals surface area contributed by atoms with Gasteiger partial charge in [-0.3, -0.25) is 0 Å². The lowest BCUT2D eigenvalue weighted by Crippen LogP contribution is -2.44. The van der Waals surface area contributed by atoms with Crippen molar-refractivity contribution < 1.29 is 0 Å². The number of nitrogens with one attached hydrogen (secondary N) is 1. The van der Waals surface area contributed by atoms with Gasteiger partial charge < -0.3 is 11.1 Å². The first-order chi connectivity index (χ1) is 8.62. The Balaban J connectivity index is 2.31. The normalized spacial score (nSPS) is 12.0. The number of pyridine rings is 1. The van der Waals surface area contributed by atoms with E-state index in [2.05, 4.69) is 45.2 Å². The number of nitrogens with zero attached hydrogens (tertiary/aromatic N) is 3. The molecule has 0 bridgehead atoms. The lowest BCUT2D eigenvalue weighted by Gasteiger charge is -2.30. The molecule has 98 valence electrons. The summed E-state index contributed by atoms with van der Waals surface area (Å²) in [5.74, 6) is 0.627. The number of rotatable bonds is 5. The maximum atomic E-state index is 5.86. The van der Waals surface area contributed by atoms with E-state index in [1.54, 1.807) is 4.52 Å². The van der Waals surface area contributed by atoms with Crippen LogP contribution in [0.15, 0.2) is 22.8 Å². The zero-order valence-corrected chi connectivity index (χ0v) is 12.2. The average Bonchev–Trinajstić information content (AvgIpc) is 2.77. The highest BCUT2D eigenvalue weighted by Gasteiger charge is 2.25. The molecule has 3 N–H and O–H groups in total. The van der Waals surface area contributed by atoms with Gasteiger partial charge in [0, 0.05) is 17.2 Å². The van der Waals surface area contributed by atoms with E-state index in [0.717, 1.165) is 23.0 Å². The Labute approximate surface area is 115 Å². The van der Waals surface area contributed by atoms with Crippen molar-refractivity contribution >= 4 is 27.5 Å². The van der Waals surface area contributed by atoms with Crippen molar-refractivity contribution in [2.24, 2.45) is 5.73 Å². The zero-order chi connectivity index (χ0) is 13.2. The van der Waals surface area contributed by atoms with Gasteiger partial charge in [0.25, 0.3) is 0 Å². The fourth-order valence-corrected chi connectivity index (χ4v) is 2.24. The first-order valence-corrected chi connectivity index (χ1v) is 6.92. The van der Waals surface area contributed by atoms with Crippen molar-refractivity contribution in [1.82, 2.24) is 14.6 Å². The van der Waals surface area contributed by atoms with Gasteiger partial charge in [0.15, 0.2) is 5.65 Å². The fourth-order valence-electron chi connectivity index (χ4n) is 1.91. The highest BCUT2D eigenvalue weighted by Crippen LogP contribution is 2.20. The number of hydrogen-bond acceptors (Lipinski definition) is 4. The second kappa shape index (κ2) is 5.24. The Morgan fingerprint density at radius 1 is 1.39 bits per heavy atom. The average molecular weight is 312 g/mol. The Bertz CT molecular complexity index is 524. The highest BCUT2D eigenvalue weighted by molar-refractivity contribution is 9.10. The molecule has 0 fully saturated rings. The van der Waals surface area contributed by atoms with Gasteiger partial charge in [-0.15, -0.1) is 5.10 Å². The first-order valence-electron chi connectivity index (χ1n) is 6.12. The largest absolute Gasteiger partial charge is 0.346 e. The van der Waals surface area contributed by atoms with Crippen LogP contribution in [0, 0.1) is 0 Å². The molecule has 18 heavy (non-hydrogen) atoms. The molecule has 0 saturated heterocycles. The summed E-state index contributed by atoms with van der Waals surface area (Å²) >= 11 is 3.42. The van der Waals surface area contributed by atoms with Gasteiger partial charge >= 0.3 is 0 Å². The minimum absolute atomic E-state index is 0.123. The van der Waals surface area contributed by atoms with Crippen molar-refractivity contribution in [1.29, 1.82) is 0 Å². The van der Waals surface area contributed by atoms with E-state index >= 15 is 0 Å². The molecule has 0 saturated carbocycles. The molecule has 2 aromatic heterocycles. The summed E-state index contributed by atoms with van der Waals surface area (Å²) in [5, 5.41) is 7.78. The molecule has 0 spiro atoms. The van der Waals surface area contributed by atoms with Crippen molar-refractivity contribution in [3.63, 3.8) is 0 Å². The summed E-state index contributed by atoms with van der Waals surface area (Å²) in [7, 11) is 0. The van der Waals surface area contributed by atoms with Crippen molar-refractivity contribution in [2.45, 2.75) is 32.2 Å². The van der Waals surface area contributed by atoms with E-state index in [-0.39, 0.29) is 5.54 Å². The van der Waals surface area contributed by atoms with Crippen molar-refractivity contribution in [3.05, 3.63) is 22.8 Å². The summed E-state index contributed by atoms with van der Waals surface area (Å²) in [4.78, 5) is 4.45. The Morgan fingerprint density at radius 3 is 2.72 bits per heavy atom. The molecule has 2 rings (SSSR count). The summed E-state index contributed by atoms with van der Waals surface area (Å²) in [6.45, 7) is 4.81. The maximum absolute atomic E-state index is 5.86. The number of aromatic nitrogens is 3. The van der Waals surface area contributed by atoms with Crippen LogP contribution in [-0.4, -0.2) is 26.7 Å². The van der Waals surface area contributed by atoms with Crippen LogP contribution in [0.3, 0.4) is 0 Å². The summed E-state index contributed by atoms with van der Waals surface area (Å²) in [6, 6.07) is 3.87. The molecule has 0 aliphatic heterocycles. The topological polar surface area (TPSA) is 68.2 Å². The number of nitrogens with two attached hydrogens (primary N) is 1. The minimum atomic E-state index is -0.123. The quantitative estimate of drug-likeness (QED) is 0.890. The molecule has 2 aromatic rings. The van der Waals surface area contributed by atoms with Crippen LogP contribution in [0.1, 0.15) is 26.7 Å². The third-order valence-corrected chi connectivity index (χ3v) is 3.89. The second-order valence-corrected chi connectivity index (χ2v) is 5.32. The van der Waals surface area contributed by atoms with E-state index in [1.807, 2.05) is 18.3 Å². The standard InChI is InChI=1S/C12H18BrN5/c1-3-12(4-2,8-14)16-11-15-10-6-5-9(13)7-18(10)17-11/h5-7H,3-4,8,14H2,1-2H3,(H,16,17). The van der Waals surface area contributed by atoms with E-state index in [1.165, 1.54) is 0 Å². The molecule has 5 nitrogen and oxygen atoms in total. The van der Waals surface area contributed by atoms with Gasteiger partial charge in [0.2, 0.25) is 5.95 Å². The van der Waals surface area contributed by atoms with Gasteiger partial charge in [-0.05, 0) is 40.9 Å². The number of anilines is 1. The van der Waals surface area contributed by atoms with Crippen molar-refractivity contribution in [3.8, 4) is 0 Å². The third kappa shape index (κ3) is 2.49. The molecule has 0 unspecified atom stereocenters. The van der Waals surface area contributed by atoms with Crippen molar-refractivity contribution in [2.75, 3.05) is 11.9 Å². The maximum Gasteiger partial charge on any atom is 0.243 e. The minimum Gasteiger partial charge on any atom is -0.346 e. The fraction of sp³-hybridized carbons (Fsp3) is 0.500. The van der Waals surface area contributed by atoms with Crippen LogP contribution >= 0.6 is 15.9 Å². The van der Waals surface area contributed by atoms with Gasteiger partial charge in [0.05, 0.1) is 5.54 Å². The van der Waals surface area contributed by atoms with Gasteiger partial charge in [-0.2, -0.15) is 4.98 Å². The molecule has 0 aliphatic carbocycles. The van der Waals surface area contributed by atoms with Crippen LogP contribution in [0.5, 0.6) is 0 Å². The summed E-state index contributed by atoms with van der Waals surface area (Å²) in [5.41, 5.74) is 6.56. The molecule has 2 heterocycles. The zero-order valence-electron chi connectivity index (χ0n) is 10.7. The summed E-state index contributed by atoms with van der Waals surface area (Å²) in [6.07, 6.45) is 3.77. The monoisotopic (exact) mass is 311 g/mol. The summed E-state index contributed by atoms with van der Waals surface area (Å²) < 4.78 is 2.72. The molecule has 0 atom stereocenters. The molecular formula is C12H18BrN5. The number of fused-ring (bicyclic) bond motifs is 1. The molecule has 0 aliphatic rings. The Kier molecular flexibility index (Phi) is 3.87. The first kappa shape index (κ1) is 13.3. The lowest BCUT2D eigenvalue weighted by molar-refractivity contribution is 0.442. The van der Waals surface area contributed by atoms with Crippen LogP contribution in [0.2, 0.25) is 0 Å². The smallest absolute Gasteiger partial charge is 0.243 e. The van der Waals surface area contributed by atoms with Gasteiger partial charge in [-0.1, -0.05) is 13.8 Å². The second-order valence-electron chi connectivity index (χ2n) is 4.40. The van der Waals surface area contributed by atoms with Crippen LogP contribution in [0.25, 0.3) is 5.65 Å². The van der Waals surface area contributed by atoms with E-state index < -0.39 is 0 Å². The van der Waals surface area contributed by atoms with E-state index in [9.17, 15) is 0 Å². The predicted molar refractivity (Wildman–Crippen MR) is 76.7 cm³/mol. The number of hydrogen-bond donors (Lipinski definition) is 2. The Hall–Kier alpha value is -1.14. The number of halogens is 1. The van der Waals surface area contributed by atoms with E-state index in [4.69, 9.17) is 5.73 Å². The molecule has 0 aromatic carbocycles. The lowest BCUT2D eigenvalue weighted by atomic mass is 9.93. The van der Waals surface area contributed by atoms with Crippen LogP contribution in [0.4, 0.5) is 5.95 Å². The molecular weight excluding hydrogens is 294 g/mol. The van der Waals surface area contributed by atoms with Gasteiger partial charge in [0.1, 0.15) is 0 Å². The van der Waals surface area contributed by atoms with Crippen LogP contribution in [-0.2, 0) is 0 Å². The SMILES string of the molecule is CCC(CC)(CN)Nc1nc2ccc(Br)cn2n1. The van der Waals surface area contributed by atoms with E-state index in [0.29, 0.717) is 12.5 Å². The third-order valence-electron chi connectivity index (χ3n) is 3.42. The highest BCUT2D eigenvalue weighted by atomic mass is 79.9. The predicted octanol–water partition coefficient (Wildman–Crippen LogP) is 2.42. The molecule has 0 amide bonds. The molecule has 0 radical (unpaired) electrons. The molecule has 6 heteroatoms. The van der Waals surface area contributed by atoms with Crippen LogP contribution < -0.4 is 11.1 Å². The Morgan fingerprint density at radius 2 is 2.11 bits per heavy atom.